The third-order valence-corrected chi connectivity index (χ3v) is 5.90. The van der Waals surface area contributed by atoms with Gasteiger partial charge in [0, 0.05) is 25.8 Å². The molecule has 1 N–H and O–H groups in total. The first-order valence-corrected chi connectivity index (χ1v) is 11.8. The number of carbonyl (C=O) groups is 1. The van der Waals surface area contributed by atoms with E-state index in [9.17, 15) is 13.2 Å². The van der Waals surface area contributed by atoms with Crippen molar-refractivity contribution in [2.75, 3.05) is 42.2 Å². The molecule has 0 aliphatic heterocycles. The van der Waals surface area contributed by atoms with Crippen LogP contribution in [0.1, 0.15) is 20.3 Å². The van der Waals surface area contributed by atoms with Gasteiger partial charge in [-0.1, -0.05) is 18.2 Å². The van der Waals surface area contributed by atoms with Gasteiger partial charge in [-0.05, 0) is 56.7 Å². The molecule has 0 aliphatic carbocycles. The molecule has 1 atom stereocenters. The van der Waals surface area contributed by atoms with Gasteiger partial charge in [0.05, 0.1) is 18.6 Å². The van der Waals surface area contributed by atoms with E-state index in [1.165, 1.54) is 0 Å². The quantitative estimate of drug-likeness (QED) is 0.551. The van der Waals surface area contributed by atoms with Crippen LogP contribution in [0.5, 0.6) is 5.75 Å². The van der Waals surface area contributed by atoms with E-state index in [1.807, 2.05) is 44.3 Å². The fourth-order valence-electron chi connectivity index (χ4n) is 3.15. The van der Waals surface area contributed by atoms with Crippen molar-refractivity contribution in [3.63, 3.8) is 0 Å². The number of nitrogens with one attached hydrogen (secondary N) is 1. The van der Waals surface area contributed by atoms with E-state index >= 15 is 0 Å². The molecule has 7 nitrogen and oxygen atoms in total. The molecule has 30 heavy (non-hydrogen) atoms. The Hall–Kier alpha value is -2.74. The molecule has 2 aromatic rings. The van der Waals surface area contributed by atoms with Gasteiger partial charge in [0.1, 0.15) is 11.8 Å². The molecule has 164 valence electrons. The Balaban J connectivity index is 1.95. The summed E-state index contributed by atoms with van der Waals surface area (Å²) in [4.78, 5) is 14.7. The van der Waals surface area contributed by atoms with Crippen molar-refractivity contribution in [2.45, 2.75) is 26.3 Å². The first-order chi connectivity index (χ1) is 14.2. The molecule has 8 heteroatoms. The molecular formula is C22H31N3O4S. The van der Waals surface area contributed by atoms with E-state index in [-0.39, 0.29) is 5.91 Å². The van der Waals surface area contributed by atoms with Crippen molar-refractivity contribution >= 4 is 27.3 Å². The molecule has 0 bridgehead atoms. The zero-order valence-electron chi connectivity index (χ0n) is 18.0. The average Bonchev–Trinajstić information content (AvgIpc) is 2.72. The molecular weight excluding hydrogens is 402 g/mol. The van der Waals surface area contributed by atoms with Crippen LogP contribution in [0.4, 0.5) is 11.4 Å². The van der Waals surface area contributed by atoms with E-state index < -0.39 is 16.1 Å². The molecule has 0 heterocycles. The van der Waals surface area contributed by atoms with Gasteiger partial charge in [-0.15, -0.1) is 0 Å². The van der Waals surface area contributed by atoms with Crippen LogP contribution >= 0.6 is 0 Å². The molecule has 0 fully saturated rings. The maximum atomic E-state index is 12.6. The molecule has 0 saturated heterocycles. The van der Waals surface area contributed by atoms with E-state index in [0.29, 0.717) is 24.6 Å². The lowest BCUT2D eigenvalue weighted by Crippen LogP contribution is -2.48. The second kappa shape index (κ2) is 10.9. The molecule has 0 aliphatic rings. The third kappa shape index (κ3) is 6.66. The monoisotopic (exact) mass is 433 g/mol. The van der Waals surface area contributed by atoms with Crippen LogP contribution in [0, 0.1) is 0 Å². The first-order valence-electron chi connectivity index (χ1n) is 10.00. The second-order valence-corrected chi connectivity index (χ2v) is 8.92. The lowest BCUT2D eigenvalue weighted by atomic mass is 10.2. The highest BCUT2D eigenvalue weighted by atomic mass is 32.2. The molecule has 0 radical (unpaired) electrons. The standard InChI is InChI=1S/C22H31N3O4S/c1-5-29-21-14-12-20(13-15-21)25(30(4,27)28)18(2)22(26)23-16-9-17-24(3)19-10-7-6-8-11-19/h6-8,10-15,18H,5,9,16-17H2,1-4H3,(H,23,26)/t18-/m1/s1. The van der Waals surface area contributed by atoms with Crippen molar-refractivity contribution in [1.82, 2.24) is 5.32 Å². The maximum absolute atomic E-state index is 12.6. The maximum Gasteiger partial charge on any atom is 0.243 e. The summed E-state index contributed by atoms with van der Waals surface area (Å²) in [5.74, 6) is 0.311. The summed E-state index contributed by atoms with van der Waals surface area (Å²) in [5, 5.41) is 2.85. The van der Waals surface area contributed by atoms with Gasteiger partial charge >= 0.3 is 0 Å². The number of benzene rings is 2. The summed E-state index contributed by atoms with van der Waals surface area (Å²) in [5.41, 5.74) is 1.53. The summed E-state index contributed by atoms with van der Waals surface area (Å²) < 4.78 is 31.3. The van der Waals surface area contributed by atoms with E-state index in [4.69, 9.17) is 4.74 Å². The number of hydrogen-bond acceptors (Lipinski definition) is 5. The molecule has 2 aromatic carbocycles. The van der Waals surface area contributed by atoms with E-state index in [1.54, 1.807) is 31.2 Å². The summed E-state index contributed by atoms with van der Waals surface area (Å²) in [7, 11) is -1.65. The summed E-state index contributed by atoms with van der Waals surface area (Å²) >= 11 is 0. The van der Waals surface area contributed by atoms with Crippen molar-refractivity contribution < 1.29 is 17.9 Å². The third-order valence-electron chi connectivity index (χ3n) is 4.66. The van der Waals surface area contributed by atoms with Crippen LogP contribution in [0.2, 0.25) is 0 Å². The van der Waals surface area contributed by atoms with Crippen molar-refractivity contribution in [1.29, 1.82) is 0 Å². The Bertz CT molecular complexity index is 902. The fraction of sp³-hybridized carbons (Fsp3) is 0.409. The normalized spacial score (nSPS) is 12.1. The van der Waals surface area contributed by atoms with Gasteiger partial charge in [0.15, 0.2) is 0 Å². The van der Waals surface area contributed by atoms with E-state index in [0.717, 1.165) is 29.2 Å². The van der Waals surface area contributed by atoms with Crippen LogP contribution in [0.3, 0.4) is 0 Å². The van der Waals surface area contributed by atoms with Gasteiger partial charge in [-0.2, -0.15) is 0 Å². The Kier molecular flexibility index (Phi) is 8.53. The Morgan fingerprint density at radius 1 is 1.07 bits per heavy atom. The van der Waals surface area contributed by atoms with Gasteiger partial charge in [-0.3, -0.25) is 9.10 Å². The number of sulfonamides is 1. The number of amides is 1. The smallest absolute Gasteiger partial charge is 0.243 e. The summed E-state index contributed by atoms with van der Waals surface area (Å²) in [6.45, 7) is 5.21. The highest BCUT2D eigenvalue weighted by Crippen LogP contribution is 2.24. The predicted molar refractivity (Wildman–Crippen MR) is 122 cm³/mol. The van der Waals surface area contributed by atoms with Crippen LogP contribution in [-0.2, 0) is 14.8 Å². The zero-order chi connectivity index (χ0) is 22.1. The average molecular weight is 434 g/mol. The van der Waals surface area contributed by atoms with Gasteiger partial charge < -0.3 is 15.0 Å². The summed E-state index contributed by atoms with van der Waals surface area (Å²) in [6, 6.07) is 15.8. The number of rotatable bonds is 11. The Morgan fingerprint density at radius 2 is 1.70 bits per heavy atom. The fourth-order valence-corrected chi connectivity index (χ4v) is 4.33. The first kappa shape index (κ1) is 23.5. The molecule has 0 aromatic heterocycles. The number of nitrogens with zero attached hydrogens (tertiary/aromatic N) is 2. The lowest BCUT2D eigenvalue weighted by molar-refractivity contribution is -0.121. The highest BCUT2D eigenvalue weighted by Gasteiger charge is 2.28. The van der Waals surface area contributed by atoms with Crippen molar-refractivity contribution in [3.05, 3.63) is 54.6 Å². The molecule has 0 unspecified atom stereocenters. The second-order valence-electron chi connectivity index (χ2n) is 7.06. The summed E-state index contributed by atoms with van der Waals surface area (Å²) in [6.07, 6.45) is 1.84. The largest absolute Gasteiger partial charge is 0.494 e. The zero-order valence-corrected chi connectivity index (χ0v) is 18.9. The predicted octanol–water partition coefficient (Wildman–Crippen LogP) is 2.88. The number of hydrogen-bond donors (Lipinski definition) is 1. The molecule has 1 amide bonds. The van der Waals surface area contributed by atoms with Gasteiger partial charge in [0.2, 0.25) is 15.9 Å². The van der Waals surface area contributed by atoms with Gasteiger partial charge in [0.25, 0.3) is 0 Å². The minimum atomic E-state index is -3.64. The minimum absolute atomic E-state index is 0.336. The lowest BCUT2D eigenvalue weighted by Gasteiger charge is -2.28. The number of carbonyl (C=O) groups excluding carboxylic acids is 1. The van der Waals surface area contributed by atoms with Crippen molar-refractivity contribution in [3.8, 4) is 5.75 Å². The van der Waals surface area contributed by atoms with Crippen LogP contribution in [0.15, 0.2) is 54.6 Å². The Labute approximate surface area is 179 Å². The molecule has 2 rings (SSSR count). The van der Waals surface area contributed by atoms with E-state index in [2.05, 4.69) is 10.2 Å². The Morgan fingerprint density at radius 3 is 2.27 bits per heavy atom. The van der Waals surface area contributed by atoms with Crippen LogP contribution in [0.25, 0.3) is 0 Å². The molecule has 0 saturated carbocycles. The number of anilines is 2. The topological polar surface area (TPSA) is 79.0 Å². The number of para-hydroxylation sites is 1. The number of ether oxygens (including phenoxy) is 1. The van der Waals surface area contributed by atoms with Crippen LogP contribution in [-0.4, -0.2) is 53.4 Å². The molecule has 0 spiro atoms. The minimum Gasteiger partial charge on any atom is -0.494 e. The van der Waals surface area contributed by atoms with Gasteiger partial charge in [-0.25, -0.2) is 8.42 Å². The SMILES string of the molecule is CCOc1ccc(N([C@H](C)C(=O)NCCCN(C)c2ccccc2)S(C)(=O)=O)cc1. The van der Waals surface area contributed by atoms with Crippen LogP contribution < -0.4 is 19.3 Å². The highest BCUT2D eigenvalue weighted by molar-refractivity contribution is 7.92. The van der Waals surface area contributed by atoms with Crippen molar-refractivity contribution in [2.24, 2.45) is 0 Å².